The van der Waals surface area contributed by atoms with Crippen LogP contribution in [0.15, 0.2) is 23.1 Å². The first-order valence-electron chi connectivity index (χ1n) is 4.84. The van der Waals surface area contributed by atoms with E-state index in [9.17, 15) is 13.2 Å². The van der Waals surface area contributed by atoms with Gasteiger partial charge < -0.3 is 5.11 Å². The van der Waals surface area contributed by atoms with E-state index < -0.39 is 21.1 Å². The zero-order valence-electron chi connectivity index (χ0n) is 9.39. The standard InChI is InChI=1S/C11H14O4S/c1-7(2)16(14,15)10-5-8(3)4-9(6-10)11(12)13/h4-7H,1-3H3,(H,12,13). The van der Waals surface area contributed by atoms with Crippen LogP contribution in [0.5, 0.6) is 0 Å². The van der Waals surface area contributed by atoms with E-state index in [4.69, 9.17) is 5.11 Å². The third kappa shape index (κ3) is 2.41. The lowest BCUT2D eigenvalue weighted by molar-refractivity contribution is 0.0696. The first kappa shape index (κ1) is 12.7. The molecular formula is C11H14O4S. The van der Waals surface area contributed by atoms with E-state index in [1.807, 2.05) is 0 Å². The number of aromatic carboxylic acids is 1. The van der Waals surface area contributed by atoms with Crippen LogP contribution in [0.4, 0.5) is 0 Å². The number of carboxylic acids is 1. The third-order valence-corrected chi connectivity index (χ3v) is 4.38. The molecule has 5 heteroatoms. The second-order valence-corrected chi connectivity index (χ2v) is 6.44. The Labute approximate surface area is 94.8 Å². The smallest absolute Gasteiger partial charge is 0.335 e. The van der Waals surface area contributed by atoms with Gasteiger partial charge in [-0.25, -0.2) is 13.2 Å². The highest BCUT2D eigenvalue weighted by atomic mass is 32.2. The van der Waals surface area contributed by atoms with E-state index in [2.05, 4.69) is 0 Å². The molecule has 0 radical (unpaired) electrons. The van der Waals surface area contributed by atoms with E-state index in [-0.39, 0.29) is 10.5 Å². The number of sulfone groups is 1. The van der Waals surface area contributed by atoms with E-state index in [0.717, 1.165) is 0 Å². The lowest BCUT2D eigenvalue weighted by atomic mass is 10.1. The molecule has 0 unspecified atom stereocenters. The molecule has 0 amide bonds. The largest absolute Gasteiger partial charge is 0.478 e. The highest BCUT2D eigenvalue weighted by Crippen LogP contribution is 2.19. The van der Waals surface area contributed by atoms with Crippen molar-refractivity contribution in [2.75, 3.05) is 0 Å². The summed E-state index contributed by atoms with van der Waals surface area (Å²) >= 11 is 0. The van der Waals surface area contributed by atoms with Gasteiger partial charge in [-0.1, -0.05) is 0 Å². The minimum Gasteiger partial charge on any atom is -0.478 e. The van der Waals surface area contributed by atoms with Crippen molar-refractivity contribution >= 4 is 15.8 Å². The van der Waals surface area contributed by atoms with E-state index in [0.29, 0.717) is 5.56 Å². The Morgan fingerprint density at radius 2 is 1.81 bits per heavy atom. The zero-order valence-corrected chi connectivity index (χ0v) is 10.2. The van der Waals surface area contributed by atoms with Crippen molar-refractivity contribution in [1.29, 1.82) is 0 Å². The summed E-state index contributed by atoms with van der Waals surface area (Å²) in [6, 6.07) is 4.13. The number of carboxylic acid groups (broad SMARTS) is 1. The van der Waals surface area contributed by atoms with Crippen LogP contribution in [0, 0.1) is 6.92 Å². The minimum absolute atomic E-state index is 0.000718. The molecule has 0 saturated heterocycles. The van der Waals surface area contributed by atoms with Gasteiger partial charge in [0, 0.05) is 0 Å². The molecule has 0 aromatic heterocycles. The van der Waals surface area contributed by atoms with Crippen molar-refractivity contribution < 1.29 is 18.3 Å². The summed E-state index contributed by atoms with van der Waals surface area (Å²) in [4.78, 5) is 10.9. The lowest BCUT2D eigenvalue weighted by Crippen LogP contribution is -2.15. The van der Waals surface area contributed by atoms with Crippen LogP contribution in [0.25, 0.3) is 0 Å². The molecular weight excluding hydrogens is 228 g/mol. The van der Waals surface area contributed by atoms with Crippen LogP contribution in [0.1, 0.15) is 29.8 Å². The van der Waals surface area contributed by atoms with Crippen molar-refractivity contribution in [2.45, 2.75) is 30.9 Å². The van der Waals surface area contributed by atoms with Gasteiger partial charge in [0.2, 0.25) is 0 Å². The van der Waals surface area contributed by atoms with Crippen LogP contribution in [0.2, 0.25) is 0 Å². The van der Waals surface area contributed by atoms with E-state index in [1.54, 1.807) is 20.8 Å². The van der Waals surface area contributed by atoms with Crippen molar-refractivity contribution in [1.82, 2.24) is 0 Å². The maximum atomic E-state index is 11.9. The Hall–Kier alpha value is -1.36. The summed E-state index contributed by atoms with van der Waals surface area (Å²) < 4.78 is 23.7. The number of aryl methyl sites for hydroxylation is 1. The van der Waals surface area contributed by atoms with Gasteiger partial charge in [0.1, 0.15) is 0 Å². The fraction of sp³-hybridized carbons (Fsp3) is 0.364. The predicted octanol–water partition coefficient (Wildman–Crippen LogP) is 1.88. The van der Waals surface area contributed by atoms with Crippen molar-refractivity contribution in [3.8, 4) is 0 Å². The minimum atomic E-state index is -3.42. The molecule has 0 aliphatic rings. The molecule has 0 saturated carbocycles. The van der Waals surface area contributed by atoms with E-state index in [1.165, 1.54) is 18.2 Å². The number of rotatable bonds is 3. The normalized spacial score (nSPS) is 11.8. The van der Waals surface area contributed by atoms with Gasteiger partial charge in [0.05, 0.1) is 15.7 Å². The molecule has 0 aliphatic heterocycles. The predicted molar refractivity (Wildman–Crippen MR) is 60.5 cm³/mol. The number of carbonyl (C=O) groups is 1. The molecule has 0 fully saturated rings. The lowest BCUT2D eigenvalue weighted by Gasteiger charge is -2.09. The first-order chi connectivity index (χ1) is 7.25. The molecule has 1 N–H and O–H groups in total. The molecule has 1 aromatic carbocycles. The molecule has 0 heterocycles. The average Bonchev–Trinajstić information content (AvgIpc) is 2.16. The molecule has 88 valence electrons. The fourth-order valence-electron chi connectivity index (χ4n) is 1.31. The van der Waals surface area contributed by atoms with Gasteiger partial charge in [0.15, 0.2) is 9.84 Å². The summed E-state index contributed by atoms with van der Waals surface area (Å²) in [5.74, 6) is -1.12. The summed E-state index contributed by atoms with van der Waals surface area (Å²) in [5, 5.41) is 8.28. The van der Waals surface area contributed by atoms with Crippen LogP contribution in [-0.4, -0.2) is 24.7 Å². The topological polar surface area (TPSA) is 71.4 Å². The highest BCUT2D eigenvalue weighted by Gasteiger charge is 2.20. The van der Waals surface area contributed by atoms with Gasteiger partial charge in [-0.05, 0) is 44.5 Å². The van der Waals surface area contributed by atoms with Crippen LogP contribution >= 0.6 is 0 Å². The summed E-state index contributed by atoms with van der Waals surface area (Å²) in [6.45, 7) is 4.81. The monoisotopic (exact) mass is 242 g/mol. The SMILES string of the molecule is Cc1cc(C(=O)O)cc(S(=O)(=O)C(C)C)c1. The van der Waals surface area contributed by atoms with Crippen LogP contribution < -0.4 is 0 Å². The molecule has 1 rings (SSSR count). The third-order valence-electron chi connectivity index (χ3n) is 2.25. The second kappa shape index (κ2) is 4.25. The Morgan fingerprint density at radius 3 is 2.25 bits per heavy atom. The van der Waals surface area contributed by atoms with Gasteiger partial charge >= 0.3 is 5.97 Å². The first-order valence-corrected chi connectivity index (χ1v) is 6.38. The molecule has 0 spiro atoms. The van der Waals surface area contributed by atoms with Gasteiger partial charge in [-0.3, -0.25) is 0 Å². The number of hydrogen-bond acceptors (Lipinski definition) is 3. The van der Waals surface area contributed by atoms with Gasteiger partial charge in [-0.15, -0.1) is 0 Å². The van der Waals surface area contributed by atoms with Crippen molar-refractivity contribution in [3.05, 3.63) is 29.3 Å². The molecule has 0 aliphatic carbocycles. The Balaban J connectivity index is 3.42. The van der Waals surface area contributed by atoms with Crippen molar-refractivity contribution in [2.24, 2.45) is 0 Å². The molecule has 4 nitrogen and oxygen atoms in total. The molecule has 0 atom stereocenters. The van der Waals surface area contributed by atoms with E-state index >= 15 is 0 Å². The summed E-state index contributed by atoms with van der Waals surface area (Å²) in [6.07, 6.45) is 0. The zero-order chi connectivity index (χ0) is 12.5. The molecule has 0 bridgehead atoms. The average molecular weight is 242 g/mol. The summed E-state index contributed by atoms with van der Waals surface area (Å²) in [5.41, 5.74) is 0.623. The number of hydrogen-bond donors (Lipinski definition) is 1. The maximum Gasteiger partial charge on any atom is 0.335 e. The highest BCUT2D eigenvalue weighted by molar-refractivity contribution is 7.92. The Kier molecular flexibility index (Phi) is 3.38. The van der Waals surface area contributed by atoms with Crippen molar-refractivity contribution in [3.63, 3.8) is 0 Å². The molecule has 1 aromatic rings. The van der Waals surface area contributed by atoms with Gasteiger partial charge in [0.25, 0.3) is 0 Å². The second-order valence-electron chi connectivity index (χ2n) is 3.93. The Bertz CT molecular complexity index is 515. The quantitative estimate of drug-likeness (QED) is 0.878. The summed E-state index contributed by atoms with van der Waals surface area (Å²) in [7, 11) is -3.42. The fourth-order valence-corrected chi connectivity index (χ4v) is 2.49. The van der Waals surface area contributed by atoms with Gasteiger partial charge in [-0.2, -0.15) is 0 Å². The van der Waals surface area contributed by atoms with Crippen LogP contribution in [-0.2, 0) is 9.84 Å². The van der Waals surface area contributed by atoms with Crippen LogP contribution in [0.3, 0.4) is 0 Å². The number of benzene rings is 1. The molecule has 16 heavy (non-hydrogen) atoms. The maximum absolute atomic E-state index is 11.9. The Morgan fingerprint density at radius 1 is 1.25 bits per heavy atom.